The maximum absolute atomic E-state index is 5.63. The van der Waals surface area contributed by atoms with E-state index in [2.05, 4.69) is 59.5 Å². The lowest BCUT2D eigenvalue weighted by Crippen LogP contribution is -2.38. The zero-order valence-electron chi connectivity index (χ0n) is 11.9. The fraction of sp³-hybridized carbons (Fsp3) is 0.625. The van der Waals surface area contributed by atoms with E-state index in [4.69, 9.17) is 4.74 Å². The van der Waals surface area contributed by atoms with Gasteiger partial charge in [0.05, 0.1) is 6.10 Å². The third-order valence-electron chi connectivity index (χ3n) is 4.02. The molecule has 19 heavy (non-hydrogen) atoms. The highest BCUT2D eigenvalue weighted by molar-refractivity contribution is 9.10. The number of ether oxygens (including phenoxy) is 1. The Hall–Kier alpha value is -0.380. The molecule has 1 aromatic rings. The molecule has 3 heteroatoms. The van der Waals surface area contributed by atoms with Crippen molar-refractivity contribution in [3.05, 3.63) is 34.3 Å². The van der Waals surface area contributed by atoms with Crippen LogP contribution in [0, 0.1) is 5.92 Å². The van der Waals surface area contributed by atoms with Crippen LogP contribution in [-0.2, 0) is 11.2 Å². The molecule has 1 fully saturated rings. The van der Waals surface area contributed by atoms with E-state index in [1.165, 1.54) is 24.8 Å². The minimum atomic E-state index is 0.528. The summed E-state index contributed by atoms with van der Waals surface area (Å²) in [5, 5.41) is 3.46. The molecule has 106 valence electrons. The van der Waals surface area contributed by atoms with E-state index in [1.807, 2.05) is 0 Å². The number of halogens is 1. The van der Waals surface area contributed by atoms with E-state index in [9.17, 15) is 0 Å². The molecule has 1 atom stereocenters. The zero-order valence-corrected chi connectivity index (χ0v) is 13.4. The number of benzene rings is 1. The van der Waals surface area contributed by atoms with Gasteiger partial charge < -0.3 is 10.1 Å². The Kier molecular flexibility index (Phi) is 5.86. The highest BCUT2D eigenvalue weighted by atomic mass is 79.9. The second kappa shape index (κ2) is 7.41. The van der Waals surface area contributed by atoms with Crippen LogP contribution in [-0.4, -0.2) is 25.8 Å². The lowest BCUT2D eigenvalue weighted by Gasteiger charge is -2.37. The molecule has 0 spiro atoms. The van der Waals surface area contributed by atoms with Gasteiger partial charge in [0.2, 0.25) is 0 Å². The summed E-state index contributed by atoms with van der Waals surface area (Å²) in [6.45, 7) is 2.93. The molecule has 1 aliphatic rings. The van der Waals surface area contributed by atoms with Gasteiger partial charge >= 0.3 is 0 Å². The van der Waals surface area contributed by atoms with Crippen molar-refractivity contribution in [1.29, 1.82) is 0 Å². The van der Waals surface area contributed by atoms with Crippen LogP contribution in [0.25, 0.3) is 0 Å². The van der Waals surface area contributed by atoms with Crippen LogP contribution in [0.15, 0.2) is 28.7 Å². The SMILES string of the molecule is CCOC1CC(CC(Cc2ccc(Br)cc2)NC)C1. The van der Waals surface area contributed by atoms with Gasteiger partial charge in [0.25, 0.3) is 0 Å². The Morgan fingerprint density at radius 1 is 1.32 bits per heavy atom. The van der Waals surface area contributed by atoms with Crippen molar-refractivity contribution in [2.45, 2.75) is 44.8 Å². The van der Waals surface area contributed by atoms with Gasteiger partial charge in [0, 0.05) is 17.1 Å². The average molecular weight is 326 g/mol. The molecule has 0 radical (unpaired) electrons. The molecule has 0 aliphatic heterocycles. The average Bonchev–Trinajstić information content (AvgIpc) is 2.37. The van der Waals surface area contributed by atoms with E-state index >= 15 is 0 Å². The van der Waals surface area contributed by atoms with E-state index in [0.29, 0.717) is 12.1 Å². The molecule has 2 nitrogen and oxygen atoms in total. The summed E-state index contributed by atoms with van der Waals surface area (Å²) in [6, 6.07) is 9.23. The van der Waals surface area contributed by atoms with Crippen molar-refractivity contribution >= 4 is 15.9 Å². The minimum Gasteiger partial charge on any atom is -0.378 e. The fourth-order valence-corrected chi connectivity index (χ4v) is 3.11. The summed E-state index contributed by atoms with van der Waals surface area (Å²) >= 11 is 3.48. The number of hydrogen-bond acceptors (Lipinski definition) is 2. The van der Waals surface area contributed by atoms with E-state index in [-0.39, 0.29) is 0 Å². The second-order valence-electron chi connectivity index (χ2n) is 5.47. The summed E-state index contributed by atoms with van der Waals surface area (Å²) in [6.07, 6.45) is 5.38. The molecular formula is C16H24BrNO. The van der Waals surface area contributed by atoms with E-state index in [1.54, 1.807) is 0 Å². The first kappa shape index (κ1) is 15.0. The van der Waals surface area contributed by atoms with Crippen molar-refractivity contribution in [3.8, 4) is 0 Å². The summed E-state index contributed by atoms with van der Waals surface area (Å²) in [4.78, 5) is 0. The molecular weight excluding hydrogens is 302 g/mol. The molecule has 1 aromatic carbocycles. The molecule has 0 saturated heterocycles. The maximum atomic E-state index is 5.63. The summed E-state index contributed by atoms with van der Waals surface area (Å²) in [5.74, 6) is 0.837. The fourth-order valence-electron chi connectivity index (χ4n) is 2.85. The van der Waals surface area contributed by atoms with Gasteiger partial charge in [-0.25, -0.2) is 0 Å². The van der Waals surface area contributed by atoms with Crippen LogP contribution in [0.2, 0.25) is 0 Å². The van der Waals surface area contributed by atoms with E-state index < -0.39 is 0 Å². The van der Waals surface area contributed by atoms with Crippen molar-refractivity contribution in [3.63, 3.8) is 0 Å². The molecule has 1 aliphatic carbocycles. The monoisotopic (exact) mass is 325 g/mol. The zero-order chi connectivity index (χ0) is 13.7. The summed E-state index contributed by atoms with van der Waals surface area (Å²) in [5.41, 5.74) is 1.41. The summed E-state index contributed by atoms with van der Waals surface area (Å²) < 4.78 is 6.78. The maximum Gasteiger partial charge on any atom is 0.0580 e. The van der Waals surface area contributed by atoms with Gasteiger partial charge in [-0.3, -0.25) is 0 Å². The smallest absolute Gasteiger partial charge is 0.0580 e. The van der Waals surface area contributed by atoms with Crippen LogP contribution in [0.1, 0.15) is 31.7 Å². The molecule has 1 unspecified atom stereocenters. The molecule has 2 rings (SSSR count). The first-order valence-corrected chi connectivity index (χ1v) is 8.03. The Labute approximate surface area is 125 Å². The first-order valence-electron chi connectivity index (χ1n) is 7.24. The Balaban J connectivity index is 1.76. The van der Waals surface area contributed by atoms with Gasteiger partial charge in [-0.15, -0.1) is 0 Å². The highest BCUT2D eigenvalue weighted by Crippen LogP contribution is 2.34. The van der Waals surface area contributed by atoms with Gasteiger partial charge in [0.1, 0.15) is 0 Å². The third kappa shape index (κ3) is 4.59. The quantitative estimate of drug-likeness (QED) is 0.823. The predicted octanol–water partition coefficient (Wildman–Crippen LogP) is 3.78. The highest BCUT2D eigenvalue weighted by Gasteiger charge is 2.30. The molecule has 0 heterocycles. The van der Waals surface area contributed by atoms with Gasteiger partial charge in [-0.05, 0) is 63.3 Å². The van der Waals surface area contributed by atoms with Crippen molar-refractivity contribution in [1.82, 2.24) is 5.32 Å². The Morgan fingerprint density at radius 2 is 2.00 bits per heavy atom. The van der Waals surface area contributed by atoms with Crippen LogP contribution < -0.4 is 5.32 Å². The first-order chi connectivity index (χ1) is 9.21. The van der Waals surface area contributed by atoms with Gasteiger partial charge in [-0.2, -0.15) is 0 Å². The number of nitrogens with one attached hydrogen (secondary N) is 1. The number of rotatable bonds is 7. The van der Waals surface area contributed by atoms with Gasteiger partial charge in [-0.1, -0.05) is 28.1 Å². The lowest BCUT2D eigenvalue weighted by atomic mass is 9.77. The third-order valence-corrected chi connectivity index (χ3v) is 4.54. The largest absolute Gasteiger partial charge is 0.378 e. The second-order valence-corrected chi connectivity index (χ2v) is 6.38. The van der Waals surface area contributed by atoms with Gasteiger partial charge in [0.15, 0.2) is 0 Å². The molecule has 1 N–H and O–H groups in total. The van der Waals surface area contributed by atoms with Crippen molar-refractivity contribution < 1.29 is 4.74 Å². The standard InChI is InChI=1S/C16H24BrNO/c1-3-19-16-10-13(11-16)9-15(18-2)8-12-4-6-14(17)7-5-12/h4-7,13,15-16,18H,3,8-11H2,1-2H3. The topological polar surface area (TPSA) is 21.3 Å². The molecule has 1 saturated carbocycles. The van der Waals surface area contributed by atoms with E-state index in [0.717, 1.165) is 23.4 Å². The molecule has 0 amide bonds. The van der Waals surface area contributed by atoms with Crippen molar-refractivity contribution in [2.75, 3.05) is 13.7 Å². The van der Waals surface area contributed by atoms with Crippen molar-refractivity contribution in [2.24, 2.45) is 5.92 Å². The van der Waals surface area contributed by atoms with Crippen LogP contribution >= 0.6 is 15.9 Å². The summed E-state index contributed by atoms with van der Waals surface area (Å²) in [7, 11) is 2.07. The Morgan fingerprint density at radius 3 is 2.58 bits per heavy atom. The van der Waals surface area contributed by atoms with Crippen LogP contribution in [0.3, 0.4) is 0 Å². The molecule has 0 aromatic heterocycles. The van der Waals surface area contributed by atoms with Crippen LogP contribution in [0.5, 0.6) is 0 Å². The number of likely N-dealkylation sites (N-methyl/N-ethyl adjacent to an activating group) is 1. The minimum absolute atomic E-state index is 0.528. The Bertz CT molecular complexity index is 373. The predicted molar refractivity (Wildman–Crippen MR) is 83.4 cm³/mol. The normalized spacial score (nSPS) is 23.9. The number of hydrogen-bond donors (Lipinski definition) is 1. The van der Waals surface area contributed by atoms with Crippen LogP contribution in [0.4, 0.5) is 0 Å². The lowest BCUT2D eigenvalue weighted by molar-refractivity contribution is -0.0288. The molecule has 0 bridgehead atoms.